The predicted molar refractivity (Wildman–Crippen MR) is 28.3 cm³/mol. The van der Waals surface area contributed by atoms with Crippen LogP contribution in [0.25, 0.3) is 0 Å². The molecule has 0 aromatic heterocycles. The van der Waals surface area contributed by atoms with Crippen molar-refractivity contribution >= 4 is 11.3 Å². The Bertz CT molecular complexity index is 84.6. The minimum Gasteiger partial charge on any atom is -0.758 e. The van der Waals surface area contributed by atoms with Crippen LogP contribution in [-0.4, -0.2) is 14.9 Å². The average molecular weight is 138 g/mol. The molecule has 1 atom stereocenters. The van der Waals surface area contributed by atoms with E-state index >= 15 is 0 Å². The van der Waals surface area contributed by atoms with Gasteiger partial charge in [-0.15, -0.1) is 4.89 Å². The van der Waals surface area contributed by atoms with Gasteiger partial charge in [0.25, 0.3) is 0 Å². The Kier molecular flexibility index (Phi) is 3.98. The minimum atomic E-state index is -2.31. The van der Waals surface area contributed by atoms with Crippen molar-refractivity contribution < 1.29 is 13.6 Å². The first-order valence-corrected chi connectivity index (χ1v) is 3.21. The molecule has 0 bridgehead atoms. The first kappa shape index (κ1) is 8.03. The van der Waals surface area contributed by atoms with Crippen LogP contribution in [0.3, 0.4) is 0 Å². The van der Waals surface area contributed by atoms with E-state index in [0.717, 1.165) is 0 Å². The highest BCUT2D eigenvalue weighted by atomic mass is 32.2. The zero-order chi connectivity index (χ0) is 6.57. The molecule has 0 heterocycles. The van der Waals surface area contributed by atoms with Gasteiger partial charge in [-0.3, -0.25) is 9.05 Å². The summed E-state index contributed by atoms with van der Waals surface area (Å²) in [5.41, 5.74) is 0. The molecular formula is C3H8NO3S-. The SMILES string of the molecule is CC(C)ONS(=O)[O-]. The van der Waals surface area contributed by atoms with E-state index in [1.54, 1.807) is 18.7 Å². The van der Waals surface area contributed by atoms with Crippen molar-refractivity contribution in [1.82, 2.24) is 4.89 Å². The molecular weight excluding hydrogens is 130 g/mol. The van der Waals surface area contributed by atoms with Crippen LogP contribution in [0.15, 0.2) is 0 Å². The van der Waals surface area contributed by atoms with Crippen molar-refractivity contribution in [3.8, 4) is 0 Å². The average Bonchev–Trinajstić information content (AvgIpc) is 1.61. The van der Waals surface area contributed by atoms with Crippen LogP contribution >= 0.6 is 0 Å². The summed E-state index contributed by atoms with van der Waals surface area (Å²) in [5.74, 6) is 0. The maximum absolute atomic E-state index is 9.67. The second-order valence-electron chi connectivity index (χ2n) is 1.48. The third kappa shape index (κ3) is 6.03. The van der Waals surface area contributed by atoms with Gasteiger partial charge in [0.2, 0.25) is 0 Å². The molecule has 1 unspecified atom stereocenters. The van der Waals surface area contributed by atoms with E-state index in [2.05, 4.69) is 4.84 Å². The summed E-state index contributed by atoms with van der Waals surface area (Å²) < 4.78 is 19.3. The Hall–Kier alpha value is 0.0300. The Morgan fingerprint density at radius 3 is 2.38 bits per heavy atom. The molecule has 50 valence electrons. The predicted octanol–water partition coefficient (Wildman–Crippen LogP) is -0.290. The molecule has 0 aromatic rings. The lowest BCUT2D eigenvalue weighted by molar-refractivity contribution is 0.0397. The summed E-state index contributed by atoms with van der Waals surface area (Å²) in [5, 5.41) is 0. The summed E-state index contributed by atoms with van der Waals surface area (Å²) in [7, 11) is 0. The summed E-state index contributed by atoms with van der Waals surface area (Å²) in [6.45, 7) is 3.44. The lowest BCUT2D eigenvalue weighted by Crippen LogP contribution is -2.21. The zero-order valence-electron chi connectivity index (χ0n) is 4.71. The monoisotopic (exact) mass is 138 g/mol. The van der Waals surface area contributed by atoms with E-state index < -0.39 is 11.3 Å². The first-order valence-electron chi connectivity index (χ1n) is 2.13. The van der Waals surface area contributed by atoms with Crippen molar-refractivity contribution in [1.29, 1.82) is 0 Å². The smallest absolute Gasteiger partial charge is 0.0745 e. The summed E-state index contributed by atoms with van der Waals surface area (Å²) >= 11 is -2.31. The van der Waals surface area contributed by atoms with Crippen LogP contribution in [0.5, 0.6) is 0 Å². The van der Waals surface area contributed by atoms with Crippen molar-refractivity contribution in [3.63, 3.8) is 0 Å². The molecule has 0 saturated heterocycles. The van der Waals surface area contributed by atoms with Gasteiger partial charge in [0.15, 0.2) is 0 Å². The summed E-state index contributed by atoms with van der Waals surface area (Å²) in [6, 6.07) is 0. The highest BCUT2D eigenvalue weighted by Gasteiger charge is 1.88. The van der Waals surface area contributed by atoms with Gasteiger partial charge < -0.3 is 4.55 Å². The van der Waals surface area contributed by atoms with E-state index in [1.807, 2.05) is 0 Å². The summed E-state index contributed by atoms with van der Waals surface area (Å²) in [4.78, 5) is 6.20. The molecule has 1 N–H and O–H groups in total. The lowest BCUT2D eigenvalue weighted by Gasteiger charge is -2.08. The standard InChI is InChI=1S/C3H9NO3S/c1-3(2)7-4-8(5)6/h3-4H,1-2H3,(H,5,6)/p-1. The molecule has 0 aliphatic rings. The zero-order valence-corrected chi connectivity index (χ0v) is 5.53. The highest BCUT2D eigenvalue weighted by Crippen LogP contribution is 1.81. The van der Waals surface area contributed by atoms with Crippen LogP contribution in [-0.2, 0) is 16.1 Å². The second kappa shape index (κ2) is 3.96. The Balaban J connectivity index is 3.05. The first-order chi connectivity index (χ1) is 3.63. The maximum atomic E-state index is 9.67. The Labute approximate surface area is 50.6 Å². The van der Waals surface area contributed by atoms with Gasteiger partial charge in [-0.05, 0) is 13.8 Å². The van der Waals surface area contributed by atoms with Crippen LogP contribution in [0.2, 0.25) is 0 Å². The number of rotatable bonds is 3. The quantitative estimate of drug-likeness (QED) is 0.430. The molecule has 0 aromatic carbocycles. The molecule has 4 nitrogen and oxygen atoms in total. The molecule has 0 amide bonds. The van der Waals surface area contributed by atoms with E-state index in [9.17, 15) is 8.76 Å². The van der Waals surface area contributed by atoms with E-state index in [1.165, 1.54) is 0 Å². The second-order valence-corrected chi connectivity index (χ2v) is 2.12. The largest absolute Gasteiger partial charge is 0.758 e. The fraction of sp³-hybridized carbons (Fsp3) is 1.00. The number of nitrogens with one attached hydrogen (secondary N) is 1. The van der Waals surface area contributed by atoms with Crippen molar-refractivity contribution in [2.45, 2.75) is 20.0 Å². The van der Waals surface area contributed by atoms with Gasteiger partial charge in [-0.25, -0.2) is 0 Å². The third-order valence-corrected chi connectivity index (χ3v) is 0.584. The molecule has 0 rings (SSSR count). The Morgan fingerprint density at radius 2 is 2.25 bits per heavy atom. The van der Waals surface area contributed by atoms with Gasteiger partial charge in [0.05, 0.1) is 6.10 Å². The van der Waals surface area contributed by atoms with Crippen LogP contribution < -0.4 is 4.89 Å². The molecule has 0 fully saturated rings. The Morgan fingerprint density at radius 1 is 1.75 bits per heavy atom. The van der Waals surface area contributed by atoms with Crippen LogP contribution in [0.1, 0.15) is 13.8 Å². The molecule has 0 aliphatic heterocycles. The maximum Gasteiger partial charge on any atom is 0.0745 e. The molecule has 0 saturated carbocycles. The van der Waals surface area contributed by atoms with Crippen molar-refractivity contribution in [2.24, 2.45) is 0 Å². The molecule has 5 heteroatoms. The third-order valence-electron chi connectivity index (χ3n) is 0.352. The van der Waals surface area contributed by atoms with Crippen molar-refractivity contribution in [2.75, 3.05) is 0 Å². The fourth-order valence-electron chi connectivity index (χ4n) is 0.136. The van der Waals surface area contributed by atoms with Crippen molar-refractivity contribution in [3.05, 3.63) is 0 Å². The molecule has 0 radical (unpaired) electrons. The number of hydrogen-bond acceptors (Lipinski definition) is 3. The lowest BCUT2D eigenvalue weighted by atomic mass is 10.5. The van der Waals surface area contributed by atoms with Crippen LogP contribution in [0, 0.1) is 0 Å². The normalized spacial score (nSPS) is 14.5. The minimum absolute atomic E-state index is 0.118. The number of hydrogen-bond donors (Lipinski definition) is 1. The molecule has 8 heavy (non-hydrogen) atoms. The van der Waals surface area contributed by atoms with Gasteiger partial charge >= 0.3 is 0 Å². The van der Waals surface area contributed by atoms with Gasteiger partial charge in [-0.2, -0.15) is 0 Å². The van der Waals surface area contributed by atoms with Crippen LogP contribution in [0.4, 0.5) is 0 Å². The highest BCUT2D eigenvalue weighted by molar-refractivity contribution is 7.76. The van der Waals surface area contributed by atoms with E-state index in [4.69, 9.17) is 0 Å². The van der Waals surface area contributed by atoms with E-state index in [0.29, 0.717) is 0 Å². The molecule has 0 aliphatic carbocycles. The topological polar surface area (TPSA) is 61.4 Å². The summed E-state index contributed by atoms with van der Waals surface area (Å²) in [6.07, 6.45) is -0.118. The van der Waals surface area contributed by atoms with Gasteiger partial charge in [0.1, 0.15) is 0 Å². The van der Waals surface area contributed by atoms with Gasteiger partial charge in [-0.1, -0.05) is 0 Å². The van der Waals surface area contributed by atoms with Gasteiger partial charge in [0, 0.05) is 11.3 Å². The fourth-order valence-corrected chi connectivity index (χ4v) is 0.407. The van der Waals surface area contributed by atoms with E-state index in [-0.39, 0.29) is 6.10 Å². The molecule has 0 spiro atoms.